The van der Waals surface area contributed by atoms with Crippen LogP contribution < -0.4 is 45.0 Å². The topological polar surface area (TPSA) is 754 Å². The third kappa shape index (κ3) is 18.8. The maximum absolute atomic E-state index is 15.0. The molecule has 536 valence electrons. The zero-order valence-corrected chi connectivity index (χ0v) is 49.4. The van der Waals surface area contributed by atoms with Gasteiger partial charge in [-0.25, -0.2) is 55.0 Å². The molecule has 4 fully saturated rings. The summed E-state index contributed by atoms with van der Waals surface area (Å²) < 4.78 is 181. The SMILES string of the molecule is O=Cc1cn([C@@H]2O[C@](F)(COP(=O)(O)O)[C@@H](O)[C@H]2O)c(=O)[nH]c1=O.[2H]C([2H])(OP(=O)(O)O)[C@@]1(F)O[C@@H](n2cc(C=O)c(=O)[nH]c2=O)[C@H](O)[C@@H]1O.[2H]C([2H])(OP(=O)(O)O)[C@@]1(F)O[C@@]([2H])(n2cc(C=O)c(=O)[nH]c2=O)[C@H](O)[C@@H]1O.[2H][C@@]1(n2cc(C=O)c(=O)[nH]c2=O)O[C@](F)(COP(=O)(O)O)[C@@H](O)[C@H]1O. The predicted molar refractivity (Wildman–Crippen MR) is 283 cm³/mol. The van der Waals surface area contributed by atoms with Gasteiger partial charge in [0.25, 0.3) is 45.7 Å². The molecule has 48 nitrogen and oxygen atoms in total. The van der Waals surface area contributed by atoms with Gasteiger partial charge in [0.1, 0.15) is 75.2 Å². The molecule has 0 unspecified atom stereocenters. The van der Waals surface area contributed by atoms with Gasteiger partial charge in [-0.05, 0) is 0 Å². The first-order valence-corrected chi connectivity index (χ1v) is 30.4. The first kappa shape index (κ1) is 70.4. The Morgan fingerprint density at radius 2 is 0.646 bits per heavy atom. The zero-order chi connectivity index (χ0) is 78.6. The molecule has 4 aromatic rings. The number of aliphatic hydroxyl groups is 8. The van der Waals surface area contributed by atoms with E-state index in [1.807, 2.05) is 0 Å². The van der Waals surface area contributed by atoms with Crippen LogP contribution >= 0.6 is 31.3 Å². The van der Waals surface area contributed by atoms with Crippen molar-refractivity contribution in [1.29, 1.82) is 0 Å². The third-order valence-electron chi connectivity index (χ3n) is 12.0. The molecule has 56 heteroatoms. The molecule has 0 radical (unpaired) electrons. The van der Waals surface area contributed by atoms with E-state index in [2.05, 4.69) is 37.0 Å². The fraction of sp³-hybridized carbons (Fsp3) is 0.500. The Labute approximate surface area is 528 Å². The highest BCUT2D eigenvalue weighted by atomic mass is 31.2. The van der Waals surface area contributed by atoms with Crippen LogP contribution in [0.15, 0.2) is 63.1 Å². The van der Waals surface area contributed by atoms with E-state index in [-0.39, 0.29) is 38.8 Å². The molecular weight excluding hydrogens is 1430 g/mol. The van der Waals surface area contributed by atoms with E-state index in [0.29, 0.717) is 29.4 Å². The van der Waals surface area contributed by atoms with Gasteiger partial charge in [-0.15, -0.1) is 0 Å². The number of H-pyrrole nitrogens is 4. The summed E-state index contributed by atoms with van der Waals surface area (Å²) in [7, 11) is -21.6. The molecule has 96 heavy (non-hydrogen) atoms. The summed E-state index contributed by atoms with van der Waals surface area (Å²) in [5, 5.41) is 78.6. The Bertz CT molecular complexity index is 4600. The summed E-state index contributed by atoms with van der Waals surface area (Å²) >= 11 is 0. The number of carbonyl (C=O) groups excluding carboxylic acids is 4. The number of rotatable bonds is 20. The summed E-state index contributed by atoms with van der Waals surface area (Å²) in [5.41, 5.74) is -12.4. The predicted octanol–water partition coefficient (Wildman–Crippen LogP) is -10.5. The molecule has 0 saturated carbocycles. The number of aliphatic hydroxyl groups excluding tert-OH is 8. The van der Waals surface area contributed by atoms with E-state index in [4.69, 9.17) is 47.4 Å². The molecule has 4 aliphatic heterocycles. The minimum Gasteiger partial charge on any atom is -0.385 e. The van der Waals surface area contributed by atoms with Crippen molar-refractivity contribution in [2.75, 3.05) is 26.3 Å². The van der Waals surface area contributed by atoms with Crippen LogP contribution in [0.1, 0.15) is 74.5 Å². The van der Waals surface area contributed by atoms with Gasteiger partial charge in [0, 0.05) is 24.8 Å². The lowest BCUT2D eigenvalue weighted by molar-refractivity contribution is -0.205. The second kappa shape index (κ2) is 30.1. The maximum atomic E-state index is 15.0. The quantitative estimate of drug-likeness (QED) is 0.0222. The van der Waals surface area contributed by atoms with E-state index in [1.54, 1.807) is 19.9 Å². The number of carbonyl (C=O) groups is 4. The number of aromatic amines is 4. The van der Waals surface area contributed by atoms with Crippen LogP contribution in [0.4, 0.5) is 17.6 Å². The van der Waals surface area contributed by atoms with Crippen molar-refractivity contribution in [3.05, 3.63) is 130 Å². The molecule has 4 saturated heterocycles. The van der Waals surface area contributed by atoms with Crippen molar-refractivity contribution in [3.8, 4) is 0 Å². The molecular formula is C40H48F4N8O40P4. The van der Waals surface area contributed by atoms with Crippen LogP contribution in [0.25, 0.3) is 0 Å². The Kier molecular flexibility index (Phi) is 22.0. The number of aldehydes is 4. The number of hydrogen-bond donors (Lipinski definition) is 20. The molecule has 0 amide bonds. The van der Waals surface area contributed by atoms with Crippen LogP contribution in [0.5, 0.6) is 0 Å². The summed E-state index contributed by atoms with van der Waals surface area (Å²) in [6, 6.07) is 0. The molecule has 20 N–H and O–H groups in total. The van der Waals surface area contributed by atoms with Crippen molar-refractivity contribution >= 4 is 56.4 Å². The lowest BCUT2D eigenvalue weighted by atomic mass is 10.1. The van der Waals surface area contributed by atoms with Gasteiger partial charge in [0.05, 0.1) is 30.5 Å². The molecule has 0 spiro atoms. The standard InChI is InChI=1S/4C10H12FN2O10P/c4*11-10(3-22-24(19,20)21)6(16)5(15)8(23-10)13-1-4(2-14)7(17)12-9(13)18/h4*1-2,5-6,8,15-16H,3H2,(H,12,17,18)(H2,19,20,21)/t4*5-,6+,8-,10-/m1111/s1/i3D2,8D;8D;3D2;. The molecule has 4 aromatic heterocycles. The van der Waals surface area contributed by atoms with Crippen molar-refractivity contribution in [1.82, 2.24) is 38.2 Å². The number of nitrogens with one attached hydrogen (secondary N) is 4. The highest BCUT2D eigenvalue weighted by Gasteiger charge is 2.61. The zero-order valence-electron chi connectivity index (χ0n) is 51.8. The van der Waals surface area contributed by atoms with Gasteiger partial charge in [0.15, 0.2) is 50.0 Å². The van der Waals surface area contributed by atoms with Gasteiger partial charge in [-0.1, -0.05) is 0 Å². The smallest absolute Gasteiger partial charge is 0.385 e. The highest BCUT2D eigenvalue weighted by Crippen LogP contribution is 2.47. The minimum atomic E-state index is -5.68. The molecule has 0 aliphatic carbocycles. The van der Waals surface area contributed by atoms with Crippen LogP contribution in [0, 0.1) is 0 Å². The fourth-order valence-corrected chi connectivity index (χ4v) is 8.72. The Morgan fingerprint density at radius 1 is 0.417 bits per heavy atom. The van der Waals surface area contributed by atoms with Crippen molar-refractivity contribution in [2.45, 2.75) is 97.1 Å². The number of phosphoric acid groups is 4. The summed E-state index contributed by atoms with van der Waals surface area (Å²) in [6.45, 7) is -11.1. The molecule has 8 heterocycles. The average Bonchev–Trinajstić information content (AvgIpc) is 1.51. The van der Waals surface area contributed by atoms with Crippen LogP contribution in [0.3, 0.4) is 0 Å². The fourth-order valence-electron chi connectivity index (χ4n) is 7.55. The maximum Gasteiger partial charge on any atom is 0.469 e. The third-order valence-corrected chi connectivity index (χ3v) is 13.6. The van der Waals surface area contributed by atoms with E-state index >= 15 is 0 Å². The first-order chi connectivity index (χ1) is 46.1. The number of phosphoric ester groups is 4. The molecule has 8 rings (SSSR count). The number of nitrogens with zero attached hydrogens (tertiary/aromatic N) is 4. The molecule has 0 bridgehead atoms. The van der Waals surface area contributed by atoms with E-state index < -0.39 is 222 Å². The Hall–Kier alpha value is -6.92. The van der Waals surface area contributed by atoms with Gasteiger partial charge < -0.3 is 98.9 Å². The van der Waals surface area contributed by atoms with Crippen LogP contribution in [0.2, 0.25) is 0 Å². The highest BCUT2D eigenvalue weighted by molar-refractivity contribution is 7.47. The molecule has 4 aliphatic rings. The van der Waals surface area contributed by atoms with Crippen LogP contribution in [-0.4, -0.2) is 242 Å². The Balaban J connectivity index is 0.000000245. The van der Waals surface area contributed by atoms with Crippen molar-refractivity contribution in [2.24, 2.45) is 0 Å². The van der Waals surface area contributed by atoms with Gasteiger partial charge in [-0.3, -0.25) is 94.7 Å². The Morgan fingerprint density at radius 3 is 0.948 bits per heavy atom. The van der Waals surface area contributed by atoms with Gasteiger partial charge in [-0.2, -0.15) is 0 Å². The minimum absolute atomic E-state index is 0.00941. The number of aromatic nitrogens is 8. The molecule has 0 aromatic carbocycles. The second-order valence-electron chi connectivity index (χ2n) is 18.7. The summed E-state index contributed by atoms with van der Waals surface area (Å²) in [4.78, 5) is 211. The van der Waals surface area contributed by atoms with Gasteiger partial charge >= 0.3 is 54.0 Å². The van der Waals surface area contributed by atoms with Crippen LogP contribution in [-0.2, 0) is 55.3 Å². The van der Waals surface area contributed by atoms with Crippen molar-refractivity contribution < 1.29 is 180 Å². The van der Waals surface area contributed by atoms with E-state index in [0.717, 1.165) is 0 Å². The van der Waals surface area contributed by atoms with E-state index in [1.165, 1.54) is 0 Å². The monoisotopic (exact) mass is 1490 g/mol. The number of alkyl halides is 4. The largest absolute Gasteiger partial charge is 0.469 e. The average molecular weight is 1490 g/mol. The second-order valence-corrected chi connectivity index (χ2v) is 23.5. The first-order valence-electron chi connectivity index (χ1n) is 27.3. The summed E-state index contributed by atoms with van der Waals surface area (Å²) in [6.07, 6.45) is -28.6. The number of ether oxygens (including phenoxy) is 4. The normalized spacial score (nSPS) is 33.2. The summed E-state index contributed by atoms with van der Waals surface area (Å²) in [5.74, 6) is -15.0. The van der Waals surface area contributed by atoms with E-state index in [9.17, 15) is 134 Å². The number of halogens is 4. The number of hydrogen-bond acceptors (Lipinski definition) is 32. The molecule has 16 atom stereocenters. The van der Waals surface area contributed by atoms with Crippen molar-refractivity contribution in [3.63, 3.8) is 0 Å². The lowest BCUT2D eigenvalue weighted by Crippen LogP contribution is -2.43. The lowest BCUT2D eigenvalue weighted by Gasteiger charge is -2.22. The van der Waals surface area contributed by atoms with Gasteiger partial charge in [0.2, 0.25) is 0 Å².